The third-order valence-corrected chi connectivity index (χ3v) is 6.76. The molecule has 186 valence electrons. The van der Waals surface area contributed by atoms with Crippen LogP contribution in [0.2, 0.25) is 0 Å². The predicted molar refractivity (Wildman–Crippen MR) is 114 cm³/mol. The molecule has 1 aliphatic heterocycles. The second-order valence-corrected chi connectivity index (χ2v) is 9.31. The lowest BCUT2D eigenvalue weighted by atomic mass is 9.76. The monoisotopic (exact) mass is 493 g/mol. The van der Waals surface area contributed by atoms with Gasteiger partial charge in [-0.2, -0.15) is 18.3 Å². The van der Waals surface area contributed by atoms with Gasteiger partial charge in [0.05, 0.1) is 11.3 Å². The Labute approximate surface area is 197 Å². The number of halogens is 4. The molecule has 2 fully saturated rings. The second-order valence-electron chi connectivity index (χ2n) is 9.31. The number of hydrogen-bond acceptors (Lipinski definition) is 6. The van der Waals surface area contributed by atoms with Gasteiger partial charge in [-0.1, -0.05) is 6.92 Å². The normalized spacial score (nSPS) is 24.1. The number of benzene rings is 1. The van der Waals surface area contributed by atoms with Gasteiger partial charge in [0.15, 0.2) is 5.82 Å². The Bertz CT molecular complexity index is 1290. The summed E-state index contributed by atoms with van der Waals surface area (Å²) in [6.07, 6.45) is -0.852. The first kappa shape index (κ1) is 23.2. The number of hydrogen-bond donors (Lipinski definition) is 1. The molecule has 2 aromatic heterocycles. The van der Waals surface area contributed by atoms with E-state index in [2.05, 4.69) is 32.5 Å². The van der Waals surface area contributed by atoms with Crippen LogP contribution in [-0.2, 0) is 18.8 Å². The summed E-state index contributed by atoms with van der Waals surface area (Å²) in [5, 5.41) is 14.4. The Balaban J connectivity index is 1.51. The van der Waals surface area contributed by atoms with Crippen molar-refractivity contribution in [2.45, 2.75) is 57.3 Å². The first-order chi connectivity index (χ1) is 16.5. The van der Waals surface area contributed by atoms with Crippen LogP contribution in [0.1, 0.15) is 50.0 Å². The zero-order valence-electron chi connectivity index (χ0n) is 19.2. The van der Waals surface area contributed by atoms with Crippen molar-refractivity contribution < 1.29 is 26.8 Å². The van der Waals surface area contributed by atoms with Crippen LogP contribution >= 0.6 is 0 Å². The van der Waals surface area contributed by atoms with Gasteiger partial charge in [-0.25, -0.2) is 14.2 Å². The summed E-state index contributed by atoms with van der Waals surface area (Å²) in [5.74, 6) is -0.448. The highest BCUT2D eigenvalue weighted by Gasteiger charge is 2.60. The summed E-state index contributed by atoms with van der Waals surface area (Å²) >= 11 is 0. The van der Waals surface area contributed by atoms with Gasteiger partial charge in [-0.05, 0) is 37.3 Å². The maximum absolute atomic E-state index is 14.9. The maximum Gasteiger partial charge on any atom is 0.417 e. The summed E-state index contributed by atoms with van der Waals surface area (Å²) < 4.78 is 62.7. The molecule has 13 heteroatoms. The van der Waals surface area contributed by atoms with Crippen LogP contribution in [0.25, 0.3) is 11.4 Å². The lowest BCUT2D eigenvalue weighted by Crippen LogP contribution is -2.66. The lowest BCUT2D eigenvalue weighted by molar-refractivity contribution is -0.137. The number of amides is 2. The van der Waals surface area contributed by atoms with Gasteiger partial charge < -0.3 is 14.6 Å². The Morgan fingerprint density at radius 3 is 2.69 bits per heavy atom. The number of aryl methyl sites for hydroxylation is 2. The molecule has 5 rings (SSSR count). The van der Waals surface area contributed by atoms with E-state index in [9.17, 15) is 22.4 Å². The quantitative estimate of drug-likeness (QED) is 0.533. The van der Waals surface area contributed by atoms with Gasteiger partial charge >= 0.3 is 12.2 Å². The summed E-state index contributed by atoms with van der Waals surface area (Å²) in [4.78, 5) is 18.9. The fraction of sp³-hybridized carbons (Fsp3) is 0.500. The average molecular weight is 493 g/mol. The zero-order valence-corrected chi connectivity index (χ0v) is 19.2. The topological polar surface area (TPSA) is 102 Å². The largest absolute Gasteiger partial charge is 0.423 e. The zero-order chi connectivity index (χ0) is 25.1. The van der Waals surface area contributed by atoms with Crippen LogP contribution in [0.3, 0.4) is 0 Å². The molecule has 35 heavy (non-hydrogen) atoms. The number of nitrogens with one attached hydrogen (secondary N) is 1. The van der Waals surface area contributed by atoms with Gasteiger partial charge in [-0.15, -0.1) is 10.2 Å². The van der Waals surface area contributed by atoms with E-state index in [1.165, 1.54) is 18.1 Å². The van der Waals surface area contributed by atoms with Crippen molar-refractivity contribution in [2.24, 2.45) is 13.0 Å². The van der Waals surface area contributed by atoms with Gasteiger partial charge in [0, 0.05) is 32.0 Å². The molecular formula is C22H23F4N7O2. The van der Waals surface area contributed by atoms with Crippen LogP contribution in [0.15, 0.2) is 22.9 Å². The molecule has 2 amide bonds. The van der Waals surface area contributed by atoms with Crippen LogP contribution in [0.4, 0.5) is 28.0 Å². The van der Waals surface area contributed by atoms with Crippen molar-refractivity contribution in [2.75, 3.05) is 5.32 Å². The van der Waals surface area contributed by atoms with Crippen molar-refractivity contribution >= 4 is 11.7 Å². The molecule has 0 radical (unpaired) electrons. The van der Waals surface area contributed by atoms with E-state index in [-0.39, 0.29) is 11.9 Å². The number of rotatable bonds is 3. The average Bonchev–Trinajstić information content (AvgIpc) is 3.31. The van der Waals surface area contributed by atoms with E-state index in [1.54, 1.807) is 11.8 Å². The highest BCUT2D eigenvalue weighted by atomic mass is 19.4. The maximum atomic E-state index is 14.9. The van der Waals surface area contributed by atoms with Crippen molar-refractivity contribution in [3.63, 3.8) is 0 Å². The number of carbonyl (C=O) groups excluding carboxylic acids is 1. The molecule has 1 aliphatic carbocycles. The van der Waals surface area contributed by atoms with Gasteiger partial charge in [0.1, 0.15) is 17.7 Å². The summed E-state index contributed by atoms with van der Waals surface area (Å²) in [6.45, 7) is 3.74. The molecule has 1 saturated heterocycles. The van der Waals surface area contributed by atoms with E-state index in [0.29, 0.717) is 36.6 Å². The number of aromatic nitrogens is 5. The predicted octanol–water partition coefficient (Wildman–Crippen LogP) is 4.65. The van der Waals surface area contributed by atoms with Crippen molar-refractivity contribution in [3.05, 3.63) is 41.6 Å². The van der Waals surface area contributed by atoms with E-state index >= 15 is 0 Å². The SMILES string of the molecule is Cc1nnc([C@@]23CC[C@H](C)C[C@@H](C2)N3C(=O)Nc2cc(-c3ncn(C)n3)c(C(F)(F)F)cc2F)o1. The molecule has 3 atom stereocenters. The van der Waals surface area contributed by atoms with Gasteiger partial charge in [0.25, 0.3) is 0 Å². The number of fused-ring (bicyclic) bond motifs is 2. The Morgan fingerprint density at radius 2 is 2.06 bits per heavy atom. The second kappa shape index (κ2) is 8.02. The number of carbonyl (C=O) groups is 1. The third-order valence-electron chi connectivity index (χ3n) is 6.76. The molecule has 1 saturated carbocycles. The Morgan fingerprint density at radius 1 is 1.29 bits per heavy atom. The van der Waals surface area contributed by atoms with Crippen molar-refractivity contribution in [1.82, 2.24) is 29.9 Å². The van der Waals surface area contributed by atoms with Crippen molar-refractivity contribution in [3.8, 4) is 11.4 Å². The minimum Gasteiger partial charge on any atom is -0.423 e. The smallest absolute Gasteiger partial charge is 0.417 e. The van der Waals surface area contributed by atoms with Gasteiger partial charge in [0.2, 0.25) is 11.8 Å². The summed E-state index contributed by atoms with van der Waals surface area (Å²) in [5.41, 5.74) is -2.91. The molecule has 1 aromatic carbocycles. The minimum absolute atomic E-state index is 0.144. The minimum atomic E-state index is -4.85. The standard InChI is InChI=1S/C22H23F4N7O2/c1-11-4-5-21(19-30-29-12(2)35-19)9-13(6-11)33(21)20(34)28-17-7-14(18-27-10-32(3)31-18)15(8-16(17)23)22(24,25)26/h7-8,10-11,13H,4-6,9H2,1-3H3,(H,28,34)/t11-,13-,21+/m0/s1. The Hall–Kier alpha value is -3.51. The number of urea groups is 1. The molecular weight excluding hydrogens is 470 g/mol. The highest BCUT2D eigenvalue weighted by molar-refractivity contribution is 5.92. The fourth-order valence-electron chi connectivity index (χ4n) is 5.16. The number of nitrogens with zero attached hydrogens (tertiary/aromatic N) is 6. The van der Waals surface area contributed by atoms with Gasteiger partial charge in [-0.3, -0.25) is 4.68 Å². The van der Waals surface area contributed by atoms with E-state index in [4.69, 9.17) is 4.42 Å². The molecule has 0 spiro atoms. The highest BCUT2D eigenvalue weighted by Crippen LogP contribution is 2.53. The fourth-order valence-corrected chi connectivity index (χ4v) is 5.16. The Kier molecular flexibility index (Phi) is 5.33. The lowest BCUT2D eigenvalue weighted by Gasteiger charge is -2.54. The van der Waals surface area contributed by atoms with E-state index in [1.807, 2.05) is 0 Å². The van der Waals surface area contributed by atoms with Crippen LogP contribution in [-0.4, -0.2) is 41.9 Å². The van der Waals surface area contributed by atoms with E-state index in [0.717, 1.165) is 18.9 Å². The van der Waals surface area contributed by atoms with Crippen LogP contribution in [0, 0.1) is 18.7 Å². The van der Waals surface area contributed by atoms with Crippen LogP contribution < -0.4 is 5.32 Å². The first-order valence-corrected chi connectivity index (χ1v) is 11.2. The first-order valence-electron chi connectivity index (χ1n) is 11.2. The molecule has 3 heterocycles. The molecule has 0 unspecified atom stereocenters. The van der Waals surface area contributed by atoms with Crippen molar-refractivity contribution in [1.29, 1.82) is 0 Å². The van der Waals surface area contributed by atoms with Crippen LogP contribution in [0.5, 0.6) is 0 Å². The number of alkyl halides is 3. The number of anilines is 1. The molecule has 2 aliphatic rings. The summed E-state index contributed by atoms with van der Waals surface area (Å²) in [7, 11) is 1.50. The molecule has 3 aromatic rings. The third kappa shape index (κ3) is 3.92. The molecule has 2 bridgehead atoms. The summed E-state index contributed by atoms with van der Waals surface area (Å²) in [6, 6.07) is 0.476. The molecule has 9 nitrogen and oxygen atoms in total. The van der Waals surface area contributed by atoms with E-state index < -0.39 is 40.4 Å². The number of likely N-dealkylation sites (tertiary alicyclic amines) is 1. The molecule has 1 N–H and O–H groups in total.